The minimum absolute atomic E-state index is 0.0158. The van der Waals surface area contributed by atoms with Gasteiger partial charge in [0, 0.05) is 17.5 Å². The number of rotatable bonds is 2. The molecule has 1 amide bonds. The summed E-state index contributed by atoms with van der Waals surface area (Å²) in [6.07, 6.45) is -0.263. The van der Waals surface area contributed by atoms with Gasteiger partial charge in [0.1, 0.15) is 23.3 Å². The van der Waals surface area contributed by atoms with E-state index in [9.17, 15) is 4.79 Å². The first kappa shape index (κ1) is 15.7. The number of nitrogens with two attached hydrogens (primary N) is 1. The molecule has 0 spiro atoms. The number of hydrogen-bond acceptors (Lipinski definition) is 5. The zero-order valence-corrected chi connectivity index (χ0v) is 13.9. The number of aromatic nitrogens is 1. The predicted molar refractivity (Wildman–Crippen MR) is 94.2 cm³/mol. The molecule has 1 atom stereocenters. The summed E-state index contributed by atoms with van der Waals surface area (Å²) in [7, 11) is 0. The molecule has 0 aliphatic carbocycles. The molecule has 25 heavy (non-hydrogen) atoms. The van der Waals surface area contributed by atoms with Crippen LogP contribution in [0.1, 0.15) is 27.9 Å². The van der Waals surface area contributed by atoms with Crippen molar-refractivity contribution in [1.29, 1.82) is 0 Å². The second-order valence-electron chi connectivity index (χ2n) is 6.21. The van der Waals surface area contributed by atoms with E-state index < -0.39 is 0 Å². The Hall–Kier alpha value is -2.86. The molecule has 128 valence electrons. The Morgan fingerprint density at radius 3 is 3.00 bits per heavy atom. The van der Waals surface area contributed by atoms with Crippen LogP contribution in [-0.4, -0.2) is 35.5 Å². The normalized spacial score (nSPS) is 17.8. The molecular formula is C19H19N3O3. The quantitative estimate of drug-likeness (QED) is 0.777. The van der Waals surface area contributed by atoms with Gasteiger partial charge in [-0.2, -0.15) is 0 Å². The van der Waals surface area contributed by atoms with Crippen LogP contribution in [0.15, 0.2) is 46.9 Å². The topological polar surface area (TPSA) is 81.6 Å². The highest BCUT2D eigenvalue weighted by molar-refractivity contribution is 5.98. The van der Waals surface area contributed by atoms with Crippen molar-refractivity contribution in [2.24, 2.45) is 0 Å². The second kappa shape index (κ2) is 6.22. The monoisotopic (exact) mass is 337 g/mol. The summed E-state index contributed by atoms with van der Waals surface area (Å²) in [6.45, 7) is 3.38. The zero-order valence-electron chi connectivity index (χ0n) is 13.9. The molecule has 1 aliphatic heterocycles. The van der Waals surface area contributed by atoms with Crippen LogP contribution in [0.4, 0.5) is 5.82 Å². The van der Waals surface area contributed by atoms with Gasteiger partial charge in [-0.05, 0) is 43.3 Å². The lowest BCUT2D eigenvalue weighted by Crippen LogP contribution is -2.42. The zero-order chi connectivity index (χ0) is 17.4. The summed E-state index contributed by atoms with van der Waals surface area (Å²) in [5.74, 6) is 1.27. The van der Waals surface area contributed by atoms with Crippen LogP contribution in [0.5, 0.6) is 0 Å². The van der Waals surface area contributed by atoms with Gasteiger partial charge in [-0.3, -0.25) is 4.79 Å². The number of anilines is 1. The largest absolute Gasteiger partial charge is 0.461 e. The van der Waals surface area contributed by atoms with Crippen LogP contribution >= 0.6 is 0 Å². The van der Waals surface area contributed by atoms with Crippen molar-refractivity contribution in [1.82, 2.24) is 9.88 Å². The Balaban J connectivity index is 1.56. The van der Waals surface area contributed by atoms with Gasteiger partial charge in [0.2, 0.25) is 0 Å². The first-order valence-electron chi connectivity index (χ1n) is 8.24. The third-order valence-corrected chi connectivity index (χ3v) is 4.36. The predicted octanol–water partition coefficient (Wildman–Crippen LogP) is 2.93. The van der Waals surface area contributed by atoms with Crippen LogP contribution in [0.25, 0.3) is 11.0 Å². The standard InChI is InChI=1S/C19H19N3O3/c1-12-9-14-10-13(5-6-16(14)25-12)19(23)22-7-8-24-17(11-22)15-3-2-4-18(20)21-15/h2-6,9-10,17H,7-8,11H2,1H3,(H2,20,21). The van der Waals surface area contributed by atoms with Crippen molar-refractivity contribution < 1.29 is 13.9 Å². The molecular weight excluding hydrogens is 318 g/mol. The molecule has 6 nitrogen and oxygen atoms in total. The number of nitrogen functional groups attached to an aromatic ring is 1. The van der Waals surface area contributed by atoms with E-state index in [1.54, 1.807) is 17.0 Å². The summed E-state index contributed by atoms with van der Waals surface area (Å²) in [4.78, 5) is 19.0. The first-order valence-corrected chi connectivity index (χ1v) is 8.24. The number of amides is 1. The van der Waals surface area contributed by atoms with Crippen LogP contribution in [0, 0.1) is 6.92 Å². The highest BCUT2D eigenvalue weighted by Crippen LogP contribution is 2.24. The van der Waals surface area contributed by atoms with E-state index in [1.807, 2.05) is 37.3 Å². The van der Waals surface area contributed by atoms with Crippen molar-refractivity contribution in [2.45, 2.75) is 13.0 Å². The average molecular weight is 337 g/mol. The molecule has 1 unspecified atom stereocenters. The fourth-order valence-corrected chi connectivity index (χ4v) is 3.15. The van der Waals surface area contributed by atoms with Gasteiger partial charge in [-0.25, -0.2) is 4.98 Å². The van der Waals surface area contributed by atoms with Gasteiger partial charge >= 0.3 is 0 Å². The van der Waals surface area contributed by atoms with E-state index in [4.69, 9.17) is 14.9 Å². The summed E-state index contributed by atoms with van der Waals surface area (Å²) >= 11 is 0. The summed E-state index contributed by atoms with van der Waals surface area (Å²) in [5, 5.41) is 0.936. The minimum atomic E-state index is -0.263. The Morgan fingerprint density at radius 1 is 1.28 bits per heavy atom. The minimum Gasteiger partial charge on any atom is -0.461 e. The third-order valence-electron chi connectivity index (χ3n) is 4.36. The van der Waals surface area contributed by atoms with Crippen LogP contribution < -0.4 is 5.73 Å². The maximum atomic E-state index is 12.9. The van der Waals surface area contributed by atoms with E-state index in [1.165, 1.54) is 0 Å². The SMILES string of the molecule is Cc1cc2cc(C(=O)N3CCOC(c4cccc(N)n4)C3)ccc2o1. The molecule has 1 saturated heterocycles. The van der Waals surface area contributed by atoms with Gasteiger partial charge in [-0.1, -0.05) is 6.07 Å². The Morgan fingerprint density at radius 2 is 2.16 bits per heavy atom. The fourth-order valence-electron chi connectivity index (χ4n) is 3.15. The van der Waals surface area contributed by atoms with Crippen molar-refractivity contribution in [2.75, 3.05) is 25.4 Å². The molecule has 1 aliphatic rings. The molecule has 1 aromatic carbocycles. The fraction of sp³-hybridized carbons (Fsp3) is 0.263. The number of aryl methyl sites for hydroxylation is 1. The van der Waals surface area contributed by atoms with Crippen LogP contribution in [-0.2, 0) is 4.74 Å². The van der Waals surface area contributed by atoms with Crippen molar-refractivity contribution in [3.8, 4) is 0 Å². The number of benzene rings is 1. The molecule has 3 heterocycles. The number of furan rings is 1. The number of pyridine rings is 1. The maximum Gasteiger partial charge on any atom is 0.254 e. The molecule has 6 heteroatoms. The average Bonchev–Trinajstić information content (AvgIpc) is 3.00. The Kier molecular flexibility index (Phi) is 3.89. The second-order valence-corrected chi connectivity index (χ2v) is 6.21. The number of nitrogens with zero attached hydrogens (tertiary/aromatic N) is 2. The summed E-state index contributed by atoms with van der Waals surface area (Å²) in [5.41, 5.74) is 7.94. The molecule has 0 bridgehead atoms. The number of carbonyl (C=O) groups excluding carboxylic acids is 1. The summed E-state index contributed by atoms with van der Waals surface area (Å²) in [6, 6.07) is 12.9. The van der Waals surface area contributed by atoms with Gasteiger partial charge in [0.15, 0.2) is 0 Å². The summed E-state index contributed by atoms with van der Waals surface area (Å²) < 4.78 is 11.4. The Bertz CT molecular complexity index is 935. The molecule has 1 fully saturated rings. The number of morpholine rings is 1. The lowest BCUT2D eigenvalue weighted by molar-refractivity contribution is -0.0246. The molecule has 3 aromatic rings. The highest BCUT2D eigenvalue weighted by atomic mass is 16.5. The number of ether oxygens (including phenoxy) is 1. The number of hydrogen-bond donors (Lipinski definition) is 1. The van der Waals surface area contributed by atoms with Crippen molar-refractivity contribution >= 4 is 22.7 Å². The van der Waals surface area contributed by atoms with Crippen LogP contribution in [0.3, 0.4) is 0 Å². The lowest BCUT2D eigenvalue weighted by Gasteiger charge is -2.32. The smallest absolute Gasteiger partial charge is 0.254 e. The van der Waals surface area contributed by atoms with E-state index >= 15 is 0 Å². The van der Waals surface area contributed by atoms with E-state index in [2.05, 4.69) is 4.98 Å². The van der Waals surface area contributed by atoms with E-state index in [0.29, 0.717) is 31.1 Å². The van der Waals surface area contributed by atoms with Crippen molar-refractivity contribution in [3.63, 3.8) is 0 Å². The maximum absolute atomic E-state index is 12.9. The van der Waals surface area contributed by atoms with Gasteiger partial charge < -0.3 is 19.8 Å². The van der Waals surface area contributed by atoms with Gasteiger partial charge in [0.25, 0.3) is 5.91 Å². The lowest BCUT2D eigenvalue weighted by atomic mass is 10.1. The molecule has 4 rings (SSSR count). The van der Waals surface area contributed by atoms with Crippen LogP contribution in [0.2, 0.25) is 0 Å². The first-order chi connectivity index (χ1) is 12.1. The number of carbonyl (C=O) groups is 1. The molecule has 0 saturated carbocycles. The van der Waals surface area contributed by atoms with E-state index in [0.717, 1.165) is 22.4 Å². The van der Waals surface area contributed by atoms with E-state index in [-0.39, 0.29) is 12.0 Å². The highest BCUT2D eigenvalue weighted by Gasteiger charge is 2.27. The van der Waals surface area contributed by atoms with Crippen molar-refractivity contribution in [3.05, 3.63) is 59.5 Å². The molecule has 2 N–H and O–H groups in total. The van der Waals surface area contributed by atoms with Gasteiger partial charge in [0.05, 0.1) is 18.8 Å². The van der Waals surface area contributed by atoms with Gasteiger partial charge in [-0.15, -0.1) is 0 Å². The third kappa shape index (κ3) is 3.08. The Labute approximate surface area is 145 Å². The molecule has 2 aromatic heterocycles. The molecule has 0 radical (unpaired) electrons. The number of fused-ring (bicyclic) bond motifs is 1.